The fourth-order valence-corrected chi connectivity index (χ4v) is 4.03. The normalized spacial score (nSPS) is 14.2. The molecule has 0 bridgehead atoms. The molecule has 0 radical (unpaired) electrons. The van der Waals surface area contributed by atoms with Crippen molar-refractivity contribution in [2.45, 2.75) is 20.0 Å². The van der Waals surface area contributed by atoms with Crippen molar-refractivity contribution in [2.24, 2.45) is 0 Å². The van der Waals surface area contributed by atoms with Gasteiger partial charge in [-0.3, -0.25) is 5.41 Å². The average Bonchev–Trinajstić information content (AvgIpc) is 3.27. The second-order valence-corrected chi connectivity index (χ2v) is 7.68. The molecule has 3 aromatic rings. The van der Waals surface area contributed by atoms with Crippen LogP contribution in [0.1, 0.15) is 18.9 Å². The van der Waals surface area contributed by atoms with E-state index in [2.05, 4.69) is 4.98 Å². The molecule has 0 atom stereocenters. The smallest absolute Gasteiger partial charge is 0.139 e. The number of amidine groups is 1. The van der Waals surface area contributed by atoms with Crippen molar-refractivity contribution < 1.29 is 9.84 Å². The maximum absolute atomic E-state index is 10.5. The van der Waals surface area contributed by atoms with Crippen molar-refractivity contribution in [3.05, 3.63) is 70.7 Å². The number of rotatable bonds is 5. The lowest BCUT2D eigenvalue weighted by Gasteiger charge is -2.19. The van der Waals surface area contributed by atoms with Crippen LogP contribution in [0.25, 0.3) is 16.8 Å². The van der Waals surface area contributed by atoms with Crippen molar-refractivity contribution in [1.29, 1.82) is 5.41 Å². The highest BCUT2D eigenvalue weighted by atomic mass is 32.1. The monoisotopic (exact) mass is 391 g/mol. The molecule has 2 heterocycles. The van der Waals surface area contributed by atoms with Crippen LogP contribution < -0.4 is 9.64 Å². The number of benzene rings is 2. The van der Waals surface area contributed by atoms with E-state index in [1.807, 2.05) is 73.8 Å². The Bertz CT molecular complexity index is 1020. The number of nitrogens with one attached hydrogen (secondary N) is 1. The van der Waals surface area contributed by atoms with Crippen LogP contribution in [0.3, 0.4) is 0 Å². The Balaban J connectivity index is 1.56. The minimum Gasteiger partial charge on any atom is -0.510 e. The fourth-order valence-electron chi connectivity index (χ4n) is 3.13. The second-order valence-electron chi connectivity index (χ2n) is 6.82. The Kier molecular flexibility index (Phi) is 4.88. The predicted molar refractivity (Wildman–Crippen MR) is 114 cm³/mol. The highest BCUT2D eigenvalue weighted by Crippen LogP contribution is 2.34. The molecule has 1 aliphatic heterocycles. The highest BCUT2D eigenvalue weighted by molar-refractivity contribution is 7.11. The van der Waals surface area contributed by atoms with Crippen molar-refractivity contribution in [3.8, 4) is 17.0 Å². The number of aliphatic hydroxyl groups is 1. The van der Waals surface area contributed by atoms with Gasteiger partial charge in [0.05, 0.1) is 23.9 Å². The third-order valence-electron chi connectivity index (χ3n) is 4.41. The number of ether oxygens (including phenoxy) is 1. The third-order valence-corrected chi connectivity index (χ3v) is 5.27. The Morgan fingerprint density at radius 3 is 2.50 bits per heavy atom. The van der Waals surface area contributed by atoms with E-state index in [-0.39, 0.29) is 24.2 Å². The zero-order chi connectivity index (χ0) is 19.7. The topological polar surface area (TPSA) is 69.4 Å². The molecule has 142 valence electrons. The summed E-state index contributed by atoms with van der Waals surface area (Å²) in [6.45, 7) is 4.23. The summed E-state index contributed by atoms with van der Waals surface area (Å²) in [7, 11) is 0. The van der Waals surface area contributed by atoms with Gasteiger partial charge in [0, 0.05) is 16.6 Å². The van der Waals surface area contributed by atoms with Gasteiger partial charge in [0.2, 0.25) is 0 Å². The van der Waals surface area contributed by atoms with E-state index in [4.69, 9.17) is 10.1 Å². The van der Waals surface area contributed by atoms with Gasteiger partial charge in [-0.15, -0.1) is 11.3 Å². The Hall–Kier alpha value is -3.12. The van der Waals surface area contributed by atoms with Crippen molar-refractivity contribution in [1.82, 2.24) is 4.98 Å². The minimum atomic E-state index is 0.108. The number of aliphatic hydroxyl groups excluding tert-OH is 1. The summed E-state index contributed by atoms with van der Waals surface area (Å²) >= 11 is 1.44. The standard InChI is InChI=1S/C22H21N3O2S/c1-14(2)27-17-10-8-16(9-11-17)25-12-19(26)20(21(25)23)22-24-18(13-28-22)15-6-4-3-5-7-15/h3-11,13-14,23,26H,12H2,1-2H3. The molecule has 0 saturated carbocycles. The summed E-state index contributed by atoms with van der Waals surface area (Å²) < 4.78 is 5.67. The van der Waals surface area contributed by atoms with Gasteiger partial charge in [-0.1, -0.05) is 30.3 Å². The van der Waals surface area contributed by atoms with E-state index < -0.39 is 0 Å². The molecule has 1 aliphatic rings. The van der Waals surface area contributed by atoms with Gasteiger partial charge in [0.25, 0.3) is 0 Å². The molecule has 5 nitrogen and oxygen atoms in total. The molecule has 6 heteroatoms. The number of nitrogens with zero attached hydrogens (tertiary/aromatic N) is 2. The summed E-state index contributed by atoms with van der Waals surface area (Å²) in [5.74, 6) is 1.21. The van der Waals surface area contributed by atoms with Gasteiger partial charge >= 0.3 is 0 Å². The van der Waals surface area contributed by atoms with E-state index >= 15 is 0 Å². The van der Waals surface area contributed by atoms with Gasteiger partial charge in [-0.05, 0) is 38.1 Å². The van der Waals surface area contributed by atoms with Crippen molar-refractivity contribution in [2.75, 3.05) is 11.4 Å². The first kappa shape index (κ1) is 18.3. The Labute approximate surface area is 168 Å². The molecule has 1 aromatic heterocycles. The molecule has 28 heavy (non-hydrogen) atoms. The number of anilines is 1. The summed E-state index contributed by atoms with van der Waals surface area (Å²) in [5, 5.41) is 21.7. The molecule has 0 spiro atoms. The van der Waals surface area contributed by atoms with E-state index in [0.29, 0.717) is 10.6 Å². The first-order chi connectivity index (χ1) is 13.5. The lowest BCUT2D eigenvalue weighted by atomic mass is 10.2. The van der Waals surface area contributed by atoms with Gasteiger partial charge in [-0.25, -0.2) is 4.98 Å². The maximum atomic E-state index is 10.5. The van der Waals surface area contributed by atoms with Crippen LogP contribution in [0.4, 0.5) is 5.69 Å². The summed E-state index contributed by atoms with van der Waals surface area (Å²) in [6, 6.07) is 17.5. The van der Waals surface area contributed by atoms with Gasteiger partial charge < -0.3 is 14.7 Å². The van der Waals surface area contributed by atoms with Crippen LogP contribution >= 0.6 is 11.3 Å². The molecular weight excluding hydrogens is 370 g/mol. The zero-order valence-electron chi connectivity index (χ0n) is 15.7. The van der Waals surface area contributed by atoms with Gasteiger partial charge in [0.1, 0.15) is 22.4 Å². The summed E-state index contributed by atoms with van der Waals surface area (Å²) in [5.41, 5.74) is 3.20. The minimum absolute atomic E-state index is 0.108. The Morgan fingerprint density at radius 1 is 1.11 bits per heavy atom. The van der Waals surface area contributed by atoms with Crippen LogP contribution in [-0.2, 0) is 0 Å². The zero-order valence-corrected chi connectivity index (χ0v) is 16.5. The van der Waals surface area contributed by atoms with E-state index in [1.165, 1.54) is 11.3 Å². The largest absolute Gasteiger partial charge is 0.510 e. The van der Waals surface area contributed by atoms with Crippen LogP contribution in [0.5, 0.6) is 5.75 Å². The number of aromatic nitrogens is 1. The van der Waals surface area contributed by atoms with Crippen LogP contribution in [0.2, 0.25) is 0 Å². The Morgan fingerprint density at radius 2 is 1.82 bits per heavy atom. The highest BCUT2D eigenvalue weighted by Gasteiger charge is 2.31. The number of hydrogen-bond donors (Lipinski definition) is 2. The average molecular weight is 391 g/mol. The molecule has 2 N–H and O–H groups in total. The van der Waals surface area contributed by atoms with Gasteiger partial charge in [-0.2, -0.15) is 0 Å². The molecular formula is C22H21N3O2S. The van der Waals surface area contributed by atoms with Crippen molar-refractivity contribution >= 4 is 28.4 Å². The van der Waals surface area contributed by atoms with Crippen LogP contribution in [0, 0.1) is 5.41 Å². The van der Waals surface area contributed by atoms with E-state index in [1.54, 1.807) is 4.90 Å². The van der Waals surface area contributed by atoms with Crippen LogP contribution in [0.15, 0.2) is 65.7 Å². The summed E-state index contributed by atoms with van der Waals surface area (Å²) in [6.07, 6.45) is 0.108. The maximum Gasteiger partial charge on any atom is 0.139 e. The number of hydrogen-bond acceptors (Lipinski definition) is 5. The van der Waals surface area contributed by atoms with Gasteiger partial charge in [0.15, 0.2) is 0 Å². The molecule has 2 aromatic carbocycles. The van der Waals surface area contributed by atoms with Crippen molar-refractivity contribution in [3.63, 3.8) is 0 Å². The predicted octanol–water partition coefficient (Wildman–Crippen LogP) is 5.36. The lowest BCUT2D eigenvalue weighted by Crippen LogP contribution is -2.25. The van der Waals surface area contributed by atoms with Crippen LogP contribution in [-0.4, -0.2) is 28.6 Å². The summed E-state index contributed by atoms with van der Waals surface area (Å²) in [4.78, 5) is 6.42. The fraction of sp³-hybridized carbons (Fsp3) is 0.182. The quantitative estimate of drug-likeness (QED) is 0.614. The molecule has 0 aliphatic carbocycles. The molecule has 0 unspecified atom stereocenters. The second kappa shape index (κ2) is 7.48. The third kappa shape index (κ3) is 3.51. The molecule has 4 rings (SSSR count). The lowest BCUT2D eigenvalue weighted by molar-refractivity contribution is 0.242. The molecule has 0 fully saturated rings. The van der Waals surface area contributed by atoms with E-state index in [9.17, 15) is 5.11 Å². The SMILES string of the molecule is CC(C)Oc1ccc(N2CC(O)=C(c3nc(-c4ccccc4)cs3)C2=N)cc1. The number of thiazole rings is 1. The van der Waals surface area contributed by atoms with E-state index in [0.717, 1.165) is 22.7 Å². The molecule has 0 amide bonds. The first-order valence-corrected chi connectivity index (χ1v) is 9.97. The molecule has 0 saturated heterocycles. The first-order valence-electron chi connectivity index (χ1n) is 9.09.